The van der Waals surface area contributed by atoms with E-state index in [-0.39, 0.29) is 24.3 Å². The maximum atomic E-state index is 12.4. The van der Waals surface area contributed by atoms with Crippen LogP contribution in [0, 0.1) is 23.7 Å². The molecule has 0 N–H and O–H groups in total. The summed E-state index contributed by atoms with van der Waals surface area (Å²) in [5, 5.41) is 0. The van der Waals surface area contributed by atoms with Gasteiger partial charge in [0.15, 0.2) is 0 Å². The van der Waals surface area contributed by atoms with Crippen LogP contribution in [-0.4, -0.2) is 25.2 Å². The van der Waals surface area contributed by atoms with Gasteiger partial charge in [0.25, 0.3) is 0 Å². The van der Waals surface area contributed by atoms with E-state index in [0.717, 1.165) is 12.8 Å². The van der Waals surface area contributed by atoms with E-state index in [9.17, 15) is 9.59 Å². The molecule has 0 aromatic heterocycles. The van der Waals surface area contributed by atoms with E-state index in [0.29, 0.717) is 31.0 Å². The molecule has 24 heavy (non-hydrogen) atoms. The summed E-state index contributed by atoms with van der Waals surface area (Å²) in [7, 11) is 0. The highest BCUT2D eigenvalue weighted by Gasteiger charge is 2.26. The lowest BCUT2D eigenvalue weighted by atomic mass is 9.83. The van der Waals surface area contributed by atoms with E-state index >= 15 is 0 Å². The highest BCUT2D eigenvalue weighted by molar-refractivity contribution is 5.79. The molecule has 0 aromatic rings. The van der Waals surface area contributed by atoms with E-state index < -0.39 is 0 Å². The van der Waals surface area contributed by atoms with Crippen LogP contribution in [0.15, 0.2) is 0 Å². The SMILES string of the molecule is CC(C)COC(=O)CC(CCC1CCCCC1)C(=O)OCC(C)C. The minimum Gasteiger partial charge on any atom is -0.465 e. The normalized spacial score (nSPS) is 17.1. The third-order valence-electron chi connectivity index (χ3n) is 4.53. The molecule has 0 heterocycles. The smallest absolute Gasteiger partial charge is 0.309 e. The van der Waals surface area contributed by atoms with Gasteiger partial charge in [-0.3, -0.25) is 9.59 Å². The third kappa shape index (κ3) is 9.29. The maximum Gasteiger partial charge on any atom is 0.309 e. The van der Waals surface area contributed by atoms with E-state index in [1.165, 1.54) is 32.1 Å². The van der Waals surface area contributed by atoms with Crippen LogP contribution in [-0.2, 0) is 19.1 Å². The zero-order valence-corrected chi connectivity index (χ0v) is 16.0. The Kier molecular flexibility index (Phi) is 10.0. The number of hydrogen-bond acceptors (Lipinski definition) is 4. The number of hydrogen-bond donors (Lipinski definition) is 0. The molecule has 0 saturated heterocycles. The molecular weight excluding hydrogens is 304 g/mol. The van der Waals surface area contributed by atoms with Crippen molar-refractivity contribution in [2.24, 2.45) is 23.7 Å². The fraction of sp³-hybridized carbons (Fsp3) is 0.900. The number of carbonyl (C=O) groups excluding carboxylic acids is 2. The summed E-state index contributed by atoms with van der Waals surface area (Å²) in [6.07, 6.45) is 8.33. The second kappa shape index (κ2) is 11.5. The zero-order valence-electron chi connectivity index (χ0n) is 16.0. The Morgan fingerprint density at radius 1 is 0.917 bits per heavy atom. The van der Waals surface area contributed by atoms with Crippen LogP contribution in [0.3, 0.4) is 0 Å². The monoisotopic (exact) mass is 340 g/mol. The average molecular weight is 341 g/mol. The summed E-state index contributed by atoms with van der Waals surface area (Å²) >= 11 is 0. The van der Waals surface area contributed by atoms with Crippen LogP contribution in [0.25, 0.3) is 0 Å². The fourth-order valence-corrected chi connectivity index (χ4v) is 3.10. The van der Waals surface area contributed by atoms with E-state index in [4.69, 9.17) is 9.47 Å². The molecule has 140 valence electrons. The lowest BCUT2D eigenvalue weighted by Crippen LogP contribution is -2.25. The molecule has 1 unspecified atom stereocenters. The molecule has 1 fully saturated rings. The molecule has 0 aromatic carbocycles. The van der Waals surface area contributed by atoms with Crippen molar-refractivity contribution in [2.75, 3.05) is 13.2 Å². The second-order valence-electron chi connectivity index (χ2n) is 8.08. The van der Waals surface area contributed by atoms with Gasteiger partial charge in [-0.2, -0.15) is 0 Å². The van der Waals surface area contributed by atoms with Crippen LogP contribution in [0.2, 0.25) is 0 Å². The van der Waals surface area contributed by atoms with E-state index in [2.05, 4.69) is 0 Å². The highest BCUT2D eigenvalue weighted by Crippen LogP contribution is 2.29. The van der Waals surface area contributed by atoms with Crippen molar-refractivity contribution < 1.29 is 19.1 Å². The Balaban J connectivity index is 2.50. The van der Waals surface area contributed by atoms with Crippen molar-refractivity contribution in [3.05, 3.63) is 0 Å². The van der Waals surface area contributed by atoms with Crippen molar-refractivity contribution in [1.82, 2.24) is 0 Å². The molecule has 1 saturated carbocycles. The van der Waals surface area contributed by atoms with Gasteiger partial charge in [-0.15, -0.1) is 0 Å². The van der Waals surface area contributed by atoms with Crippen LogP contribution in [0.4, 0.5) is 0 Å². The standard InChI is InChI=1S/C20H36O4/c1-15(2)13-23-19(21)12-18(20(22)24-14-16(3)4)11-10-17-8-6-5-7-9-17/h15-18H,5-14H2,1-4H3. The molecule has 4 nitrogen and oxygen atoms in total. The minimum atomic E-state index is -0.356. The summed E-state index contributed by atoms with van der Waals surface area (Å²) in [4.78, 5) is 24.4. The number of ether oxygens (including phenoxy) is 2. The zero-order chi connectivity index (χ0) is 17.9. The number of carbonyl (C=O) groups is 2. The molecule has 0 radical (unpaired) electrons. The summed E-state index contributed by atoms with van der Waals surface area (Å²) in [6, 6.07) is 0. The lowest BCUT2D eigenvalue weighted by Gasteiger charge is -2.23. The molecule has 4 heteroatoms. The van der Waals surface area contributed by atoms with Gasteiger partial charge in [-0.25, -0.2) is 0 Å². The van der Waals surface area contributed by atoms with Crippen molar-refractivity contribution >= 4 is 11.9 Å². The van der Waals surface area contributed by atoms with Gasteiger partial charge in [-0.05, 0) is 30.6 Å². The van der Waals surface area contributed by atoms with Crippen LogP contribution in [0.5, 0.6) is 0 Å². The minimum absolute atomic E-state index is 0.149. The second-order valence-corrected chi connectivity index (χ2v) is 8.08. The number of rotatable bonds is 10. The first-order chi connectivity index (χ1) is 11.4. The predicted molar refractivity (Wildman–Crippen MR) is 95.5 cm³/mol. The number of esters is 2. The molecule has 0 bridgehead atoms. The van der Waals surface area contributed by atoms with Crippen LogP contribution >= 0.6 is 0 Å². The Hall–Kier alpha value is -1.06. The largest absolute Gasteiger partial charge is 0.465 e. The van der Waals surface area contributed by atoms with Gasteiger partial charge in [0.05, 0.1) is 25.6 Å². The topological polar surface area (TPSA) is 52.6 Å². The van der Waals surface area contributed by atoms with Gasteiger partial charge in [0.2, 0.25) is 0 Å². The third-order valence-corrected chi connectivity index (χ3v) is 4.53. The molecular formula is C20H36O4. The first-order valence-corrected chi connectivity index (χ1v) is 9.70. The van der Waals surface area contributed by atoms with Gasteiger partial charge in [0, 0.05) is 0 Å². The Labute approximate surface area is 147 Å². The van der Waals surface area contributed by atoms with Crippen molar-refractivity contribution in [1.29, 1.82) is 0 Å². The first kappa shape index (κ1) is 21.0. The Morgan fingerprint density at radius 3 is 2.08 bits per heavy atom. The van der Waals surface area contributed by atoms with Crippen LogP contribution in [0.1, 0.15) is 79.1 Å². The lowest BCUT2D eigenvalue weighted by molar-refractivity contribution is -0.156. The van der Waals surface area contributed by atoms with E-state index in [1.54, 1.807) is 0 Å². The summed E-state index contributed by atoms with van der Waals surface area (Å²) in [6.45, 7) is 8.87. The quantitative estimate of drug-likeness (QED) is 0.538. The molecule has 0 aliphatic heterocycles. The van der Waals surface area contributed by atoms with Crippen molar-refractivity contribution in [2.45, 2.75) is 79.1 Å². The molecule has 1 atom stereocenters. The average Bonchev–Trinajstić information content (AvgIpc) is 2.55. The first-order valence-electron chi connectivity index (χ1n) is 9.70. The summed E-state index contributed by atoms with van der Waals surface area (Å²) < 4.78 is 10.6. The van der Waals surface area contributed by atoms with Crippen molar-refractivity contribution in [3.8, 4) is 0 Å². The van der Waals surface area contributed by atoms with Gasteiger partial charge >= 0.3 is 11.9 Å². The Morgan fingerprint density at radius 2 is 1.50 bits per heavy atom. The molecule has 1 rings (SSSR count). The maximum absolute atomic E-state index is 12.4. The van der Waals surface area contributed by atoms with Crippen molar-refractivity contribution in [3.63, 3.8) is 0 Å². The molecule has 0 amide bonds. The summed E-state index contributed by atoms with van der Waals surface area (Å²) in [5.74, 6) is 0.444. The molecule has 0 spiro atoms. The van der Waals surface area contributed by atoms with Gasteiger partial charge in [-0.1, -0.05) is 59.8 Å². The van der Waals surface area contributed by atoms with E-state index in [1.807, 2.05) is 27.7 Å². The highest BCUT2D eigenvalue weighted by atomic mass is 16.5. The van der Waals surface area contributed by atoms with Gasteiger partial charge < -0.3 is 9.47 Å². The molecule has 1 aliphatic carbocycles. The Bertz CT molecular complexity index is 370. The van der Waals surface area contributed by atoms with Gasteiger partial charge in [0.1, 0.15) is 0 Å². The fourth-order valence-electron chi connectivity index (χ4n) is 3.10. The predicted octanol–water partition coefficient (Wildman–Crippen LogP) is 4.75. The molecule has 1 aliphatic rings. The van der Waals surface area contributed by atoms with Crippen LogP contribution < -0.4 is 0 Å². The summed E-state index contributed by atoms with van der Waals surface area (Å²) in [5.41, 5.74) is 0.